The summed E-state index contributed by atoms with van der Waals surface area (Å²) in [5, 5.41) is 16.0. The number of halogens is 4. The van der Waals surface area contributed by atoms with Gasteiger partial charge in [0, 0.05) is 25.6 Å². The van der Waals surface area contributed by atoms with Crippen molar-refractivity contribution in [2.45, 2.75) is 0 Å². The Labute approximate surface area is 309 Å². The van der Waals surface area contributed by atoms with E-state index >= 15 is 0 Å². The van der Waals surface area contributed by atoms with E-state index in [1.807, 2.05) is 97.2 Å². The van der Waals surface area contributed by atoms with E-state index in [4.69, 9.17) is 21.2 Å². The fourth-order valence-corrected chi connectivity index (χ4v) is 4.55. The average Bonchev–Trinajstić information content (AvgIpc) is 3.53. The predicted octanol–water partition coefficient (Wildman–Crippen LogP) is 4.36. The summed E-state index contributed by atoms with van der Waals surface area (Å²) in [5.74, 6) is 1.09. The summed E-state index contributed by atoms with van der Waals surface area (Å²) < 4.78 is 1.90. The number of nitrogens with one attached hydrogen (secondary N) is 2. The zero-order valence-corrected chi connectivity index (χ0v) is 31.0. The van der Waals surface area contributed by atoms with Crippen molar-refractivity contribution in [1.29, 1.82) is 5.41 Å². The maximum atomic E-state index is 11.0. The van der Waals surface area contributed by atoms with Crippen LogP contribution in [0.3, 0.4) is 0 Å². The standard InChI is InChI=1S/C15H11BrN2.C8H7BrO.C7H7BrN2.CH2O3.ClH.Na/c16-13-9-5-4-8-12(13)15-17-10-14(18-15)11-6-2-1-3-7-11;9-6-8(10)7-4-2-1-3-5-7;8-6-4-2-1-3-5(6)7(9)10;2-1-4-3;;/h1-10H,(H,17,18);1-5H,6H2;1-4H,(H3,9,10);1,3H;1H;/q;;;;;+1/p-1. The van der Waals surface area contributed by atoms with Crippen molar-refractivity contribution in [1.82, 2.24) is 9.97 Å². The number of amidine groups is 1. The molecule has 0 unspecified atom stereocenters. The van der Waals surface area contributed by atoms with Crippen LogP contribution < -0.4 is 40.5 Å². The van der Waals surface area contributed by atoms with Crippen molar-refractivity contribution in [3.05, 3.63) is 135 Å². The Morgan fingerprint density at radius 1 is 0.886 bits per heavy atom. The van der Waals surface area contributed by atoms with Gasteiger partial charge >= 0.3 is 29.6 Å². The molecule has 224 valence electrons. The number of carbonyl (C=O) groups is 2. The van der Waals surface area contributed by atoms with Crippen LogP contribution in [0.2, 0.25) is 0 Å². The number of aromatic amines is 1. The van der Waals surface area contributed by atoms with Crippen LogP contribution in [-0.4, -0.2) is 33.4 Å². The second-order valence-corrected chi connectivity index (χ2v) is 10.3. The maximum absolute atomic E-state index is 11.0. The number of H-pyrrole nitrogens is 1. The number of Topliss-reactive ketones (excluding diaryl/α,β-unsaturated/α-hetero) is 1. The van der Waals surface area contributed by atoms with Crippen LogP contribution >= 0.6 is 60.2 Å². The van der Waals surface area contributed by atoms with E-state index in [1.54, 1.807) is 6.07 Å². The summed E-state index contributed by atoms with van der Waals surface area (Å²) >= 11 is 9.92. The van der Waals surface area contributed by atoms with Gasteiger partial charge in [-0.1, -0.05) is 145 Å². The zero-order chi connectivity index (χ0) is 30.7. The van der Waals surface area contributed by atoms with E-state index in [2.05, 4.69) is 74.8 Å². The first kappa shape index (κ1) is 41.4. The fraction of sp³-hybridized carbons (Fsp3) is 0.0323. The second kappa shape index (κ2) is 23.7. The molecule has 0 saturated carbocycles. The van der Waals surface area contributed by atoms with Crippen LogP contribution in [0, 0.1) is 5.41 Å². The second-order valence-electron chi connectivity index (χ2n) is 8.00. The predicted molar refractivity (Wildman–Crippen MR) is 181 cm³/mol. The van der Waals surface area contributed by atoms with Gasteiger partial charge in [-0.2, -0.15) is 0 Å². The van der Waals surface area contributed by atoms with Gasteiger partial charge in [-0.3, -0.25) is 15.0 Å². The Morgan fingerprint density at radius 3 is 1.86 bits per heavy atom. The molecule has 5 rings (SSSR count). The van der Waals surface area contributed by atoms with Gasteiger partial charge in [0.05, 0.1) is 17.2 Å². The third-order valence-electron chi connectivity index (χ3n) is 5.21. The third kappa shape index (κ3) is 14.4. The van der Waals surface area contributed by atoms with Crippen LogP contribution in [0.25, 0.3) is 22.6 Å². The first-order chi connectivity index (χ1) is 20.3. The molecule has 5 aromatic rings. The van der Waals surface area contributed by atoms with Gasteiger partial charge in [-0.05, 0) is 17.7 Å². The fourth-order valence-electron chi connectivity index (χ4n) is 3.26. The molecule has 0 aliphatic rings. The molecule has 13 heteroatoms. The van der Waals surface area contributed by atoms with E-state index in [-0.39, 0.29) is 60.1 Å². The van der Waals surface area contributed by atoms with Crippen molar-refractivity contribution in [3.63, 3.8) is 0 Å². The molecule has 0 amide bonds. The van der Waals surface area contributed by atoms with Gasteiger partial charge in [0.15, 0.2) is 5.78 Å². The number of nitrogens with two attached hydrogens (primary N) is 1. The molecule has 1 aromatic heterocycles. The molecular weight excluding hydrogens is 791 g/mol. The molecular formula is C31H27Br3ClN4NaO4. The molecule has 4 aromatic carbocycles. The van der Waals surface area contributed by atoms with Gasteiger partial charge < -0.3 is 20.9 Å². The van der Waals surface area contributed by atoms with Crippen molar-refractivity contribution in [3.8, 4) is 22.6 Å². The van der Waals surface area contributed by atoms with Crippen LogP contribution in [0.15, 0.2) is 124 Å². The Balaban J connectivity index is 0.000000616. The first-order valence-electron chi connectivity index (χ1n) is 12.1. The molecule has 0 fully saturated rings. The Kier molecular flexibility index (Phi) is 22.3. The largest absolute Gasteiger partial charge is 1.00 e. The summed E-state index contributed by atoms with van der Waals surface area (Å²) in [7, 11) is 0. The number of nitrogens with zero attached hydrogens (tertiary/aromatic N) is 1. The number of ketones is 1. The Morgan fingerprint density at radius 2 is 1.39 bits per heavy atom. The molecule has 0 radical (unpaired) electrons. The first-order valence-corrected chi connectivity index (χ1v) is 14.8. The van der Waals surface area contributed by atoms with Crippen molar-refractivity contribution < 1.29 is 49.3 Å². The van der Waals surface area contributed by atoms with Gasteiger partial charge in [-0.15, -0.1) is 12.4 Å². The summed E-state index contributed by atoms with van der Waals surface area (Å²) in [5.41, 5.74) is 10.0. The van der Waals surface area contributed by atoms with Crippen LogP contribution in [0.4, 0.5) is 0 Å². The monoisotopic (exact) mass is 814 g/mol. The molecule has 0 saturated heterocycles. The van der Waals surface area contributed by atoms with E-state index in [0.717, 1.165) is 42.7 Å². The number of hydrogen-bond donors (Lipinski definition) is 3. The number of imidazole rings is 1. The summed E-state index contributed by atoms with van der Waals surface area (Å²) in [4.78, 5) is 30.0. The minimum atomic E-state index is -0.181. The number of hydrogen-bond acceptors (Lipinski definition) is 6. The van der Waals surface area contributed by atoms with Gasteiger partial charge in [0.25, 0.3) is 6.47 Å². The molecule has 0 atom stereocenters. The Hall–Kier alpha value is -2.61. The van der Waals surface area contributed by atoms with Crippen LogP contribution in [-0.2, 0) is 9.68 Å². The van der Waals surface area contributed by atoms with E-state index in [1.165, 1.54) is 0 Å². The minimum Gasteiger partial charge on any atom is -0.662 e. The zero-order valence-electron chi connectivity index (χ0n) is 23.5. The molecule has 1 heterocycles. The normalized spacial score (nSPS) is 9.00. The quantitative estimate of drug-likeness (QED) is 0.0340. The Bertz CT molecular complexity index is 1560. The van der Waals surface area contributed by atoms with Crippen molar-refractivity contribution >= 4 is 78.3 Å². The van der Waals surface area contributed by atoms with Gasteiger partial charge in [0.1, 0.15) is 11.7 Å². The molecule has 0 bridgehead atoms. The SMILES string of the molecule is Brc1ccccc1-c1ncc(-c2ccccc2)[nH]1.Cl.N=C(N)c1ccccc1Br.O=C(CBr)c1ccccc1.O=CO[O-].[Na+]. The maximum Gasteiger partial charge on any atom is 1.00 e. The molecule has 8 nitrogen and oxygen atoms in total. The smallest absolute Gasteiger partial charge is 0.662 e. The summed E-state index contributed by atoms with van der Waals surface area (Å²) in [6.45, 7) is -0.181. The number of rotatable bonds is 6. The van der Waals surface area contributed by atoms with Crippen molar-refractivity contribution in [2.75, 3.05) is 5.33 Å². The van der Waals surface area contributed by atoms with Gasteiger partial charge in [-0.25, -0.2) is 4.98 Å². The summed E-state index contributed by atoms with van der Waals surface area (Å²) in [6, 6.07) is 34.9. The molecule has 44 heavy (non-hydrogen) atoms. The number of nitrogen functional groups attached to an aromatic ring is 1. The summed E-state index contributed by atoms with van der Waals surface area (Å²) in [6.07, 6.45) is 1.87. The molecule has 0 aliphatic carbocycles. The van der Waals surface area contributed by atoms with E-state index < -0.39 is 0 Å². The number of aromatic nitrogens is 2. The van der Waals surface area contributed by atoms with Gasteiger partial charge in [0.2, 0.25) is 0 Å². The van der Waals surface area contributed by atoms with E-state index in [0.29, 0.717) is 5.33 Å². The van der Waals surface area contributed by atoms with Crippen molar-refractivity contribution in [2.24, 2.45) is 5.73 Å². The average molecular weight is 818 g/mol. The number of carbonyl (C=O) groups excluding carboxylic acids is 2. The topological polar surface area (TPSA) is 145 Å². The van der Waals surface area contributed by atoms with Crippen LogP contribution in [0.5, 0.6) is 0 Å². The minimum absolute atomic E-state index is 0. The molecule has 0 spiro atoms. The van der Waals surface area contributed by atoms with E-state index in [9.17, 15) is 4.79 Å². The third-order valence-corrected chi connectivity index (χ3v) is 7.10. The molecule has 4 N–H and O–H groups in total. The van der Waals surface area contributed by atoms with Crippen LogP contribution in [0.1, 0.15) is 15.9 Å². The molecule has 0 aliphatic heterocycles. The number of alkyl halides is 1. The number of benzene rings is 4.